The highest BCUT2D eigenvalue weighted by atomic mass is 32.1. The number of carbonyl (C=O) groups is 2. The number of esters is 1. The van der Waals surface area contributed by atoms with Gasteiger partial charge in [-0.1, -0.05) is 12.1 Å². The normalized spacial score (nSPS) is 10.5. The SMILES string of the molecule is CCOc1ccc(-c2c(C)sc(NC(=O)c3cc([N+](=O)[O-])c(C)c([N+](=O)[O-])c3)c2C(=O)OC)cc1. The van der Waals surface area contributed by atoms with Crippen LogP contribution in [0, 0.1) is 34.1 Å². The predicted octanol–water partition coefficient (Wildman–Crippen LogP) is 5.29. The van der Waals surface area contributed by atoms with Crippen LogP contribution in [0.2, 0.25) is 0 Å². The zero-order chi connectivity index (χ0) is 25.9. The van der Waals surface area contributed by atoms with Gasteiger partial charge < -0.3 is 14.8 Å². The Morgan fingerprint density at radius 3 is 2.09 bits per heavy atom. The number of benzene rings is 2. The Morgan fingerprint density at radius 2 is 1.60 bits per heavy atom. The van der Waals surface area contributed by atoms with Crippen molar-refractivity contribution in [1.82, 2.24) is 0 Å². The van der Waals surface area contributed by atoms with E-state index < -0.39 is 33.1 Å². The van der Waals surface area contributed by atoms with Crippen LogP contribution >= 0.6 is 11.3 Å². The Labute approximate surface area is 203 Å². The predicted molar refractivity (Wildman–Crippen MR) is 129 cm³/mol. The molecule has 0 aliphatic heterocycles. The summed E-state index contributed by atoms with van der Waals surface area (Å²) in [6.07, 6.45) is 0. The van der Waals surface area contributed by atoms with Crippen molar-refractivity contribution in [2.75, 3.05) is 19.0 Å². The summed E-state index contributed by atoms with van der Waals surface area (Å²) in [6.45, 7) is 5.35. The Hall–Kier alpha value is -4.32. The second-order valence-corrected chi connectivity index (χ2v) is 8.52. The first-order valence-corrected chi connectivity index (χ1v) is 11.1. The standard InChI is InChI=1S/C23H21N3O8S/c1-5-34-16-8-6-14(7-9-16)19-13(3)35-22(20(19)23(28)33-4)24-21(27)15-10-17(25(29)30)12(2)18(11-15)26(31)32/h6-11H,5H2,1-4H3,(H,24,27). The minimum atomic E-state index is -0.846. The Morgan fingerprint density at radius 1 is 1.03 bits per heavy atom. The molecule has 1 aromatic heterocycles. The van der Waals surface area contributed by atoms with Crippen LogP contribution in [0.25, 0.3) is 11.1 Å². The van der Waals surface area contributed by atoms with E-state index in [1.807, 2.05) is 6.92 Å². The highest BCUT2D eigenvalue weighted by Gasteiger charge is 2.28. The molecule has 0 spiro atoms. The summed E-state index contributed by atoms with van der Waals surface area (Å²) in [7, 11) is 1.20. The van der Waals surface area contributed by atoms with Crippen LogP contribution in [0.5, 0.6) is 5.75 Å². The summed E-state index contributed by atoms with van der Waals surface area (Å²) in [5.74, 6) is -0.893. The van der Waals surface area contributed by atoms with Crippen LogP contribution < -0.4 is 10.1 Å². The first-order valence-electron chi connectivity index (χ1n) is 10.3. The van der Waals surface area contributed by atoms with Gasteiger partial charge in [0, 0.05) is 22.6 Å². The molecule has 0 radical (unpaired) electrons. The highest BCUT2D eigenvalue weighted by molar-refractivity contribution is 7.17. The fraction of sp³-hybridized carbons (Fsp3) is 0.217. The first-order chi connectivity index (χ1) is 16.6. The van der Waals surface area contributed by atoms with Crippen LogP contribution in [-0.4, -0.2) is 35.4 Å². The average molecular weight is 500 g/mol. The molecule has 3 rings (SSSR count). The maximum Gasteiger partial charge on any atom is 0.341 e. The number of methoxy groups -OCH3 is 1. The summed E-state index contributed by atoms with van der Waals surface area (Å²) in [4.78, 5) is 47.5. The maximum absolute atomic E-state index is 13.0. The van der Waals surface area contributed by atoms with Crippen LogP contribution in [-0.2, 0) is 4.74 Å². The van der Waals surface area contributed by atoms with Crippen molar-refractivity contribution in [3.63, 3.8) is 0 Å². The summed E-state index contributed by atoms with van der Waals surface area (Å²) in [5.41, 5.74) is -0.255. The summed E-state index contributed by atoms with van der Waals surface area (Å²) >= 11 is 1.11. The van der Waals surface area contributed by atoms with Gasteiger partial charge in [-0.2, -0.15) is 0 Å². The van der Waals surface area contributed by atoms with E-state index in [9.17, 15) is 29.8 Å². The van der Waals surface area contributed by atoms with E-state index in [-0.39, 0.29) is 21.7 Å². The number of amides is 1. The van der Waals surface area contributed by atoms with Crippen LogP contribution in [0.3, 0.4) is 0 Å². The smallest absolute Gasteiger partial charge is 0.341 e. The van der Waals surface area contributed by atoms with Crippen molar-refractivity contribution in [1.29, 1.82) is 0 Å². The van der Waals surface area contributed by atoms with E-state index in [4.69, 9.17) is 9.47 Å². The third-order valence-corrected chi connectivity index (χ3v) is 6.18. The molecule has 0 aliphatic rings. The lowest BCUT2D eigenvalue weighted by Crippen LogP contribution is -2.15. The van der Waals surface area contributed by atoms with Gasteiger partial charge in [-0.15, -0.1) is 11.3 Å². The molecule has 182 valence electrons. The zero-order valence-corrected chi connectivity index (χ0v) is 20.1. The third kappa shape index (κ3) is 5.11. The first kappa shape index (κ1) is 25.3. The van der Waals surface area contributed by atoms with Gasteiger partial charge in [0.25, 0.3) is 17.3 Å². The largest absolute Gasteiger partial charge is 0.494 e. The van der Waals surface area contributed by atoms with Gasteiger partial charge >= 0.3 is 5.97 Å². The molecule has 0 fully saturated rings. The number of carbonyl (C=O) groups excluding carboxylic acids is 2. The fourth-order valence-corrected chi connectivity index (χ4v) is 4.59. The lowest BCUT2D eigenvalue weighted by Gasteiger charge is -2.09. The lowest BCUT2D eigenvalue weighted by atomic mass is 10.0. The van der Waals surface area contributed by atoms with E-state index in [0.717, 1.165) is 23.5 Å². The van der Waals surface area contributed by atoms with E-state index in [0.29, 0.717) is 28.4 Å². The number of ether oxygens (including phenoxy) is 2. The number of aryl methyl sites for hydroxylation is 1. The molecule has 1 heterocycles. The Kier molecular flexibility index (Phi) is 7.45. The Balaban J connectivity index is 2.07. The molecular formula is C23H21N3O8S. The molecule has 1 amide bonds. The summed E-state index contributed by atoms with van der Waals surface area (Å²) in [6, 6.07) is 8.96. The molecule has 0 saturated heterocycles. The van der Waals surface area contributed by atoms with Crippen molar-refractivity contribution in [2.24, 2.45) is 0 Å². The molecule has 3 aromatic rings. The number of nitrogens with one attached hydrogen (secondary N) is 1. The molecular weight excluding hydrogens is 478 g/mol. The minimum absolute atomic E-state index is 0.101. The fourth-order valence-electron chi connectivity index (χ4n) is 3.53. The number of rotatable bonds is 8. The minimum Gasteiger partial charge on any atom is -0.494 e. The van der Waals surface area contributed by atoms with E-state index in [1.54, 1.807) is 31.2 Å². The van der Waals surface area contributed by atoms with E-state index in [2.05, 4.69) is 5.32 Å². The van der Waals surface area contributed by atoms with Gasteiger partial charge in [0.05, 0.1) is 29.1 Å². The van der Waals surface area contributed by atoms with Crippen molar-refractivity contribution >= 4 is 39.6 Å². The summed E-state index contributed by atoms with van der Waals surface area (Å²) in [5, 5.41) is 25.4. The zero-order valence-electron chi connectivity index (χ0n) is 19.2. The second-order valence-electron chi connectivity index (χ2n) is 7.29. The molecule has 35 heavy (non-hydrogen) atoms. The quantitative estimate of drug-likeness (QED) is 0.249. The van der Waals surface area contributed by atoms with E-state index >= 15 is 0 Å². The van der Waals surface area contributed by atoms with Crippen molar-refractivity contribution in [2.45, 2.75) is 20.8 Å². The van der Waals surface area contributed by atoms with Crippen molar-refractivity contribution < 1.29 is 28.9 Å². The number of hydrogen-bond acceptors (Lipinski definition) is 9. The molecule has 2 aromatic carbocycles. The molecule has 0 unspecified atom stereocenters. The van der Waals surface area contributed by atoms with Gasteiger partial charge in [-0.05, 0) is 38.5 Å². The molecule has 0 atom stereocenters. The number of anilines is 1. The second kappa shape index (κ2) is 10.3. The molecule has 1 N–H and O–H groups in total. The molecule has 12 heteroatoms. The molecule has 11 nitrogen and oxygen atoms in total. The monoisotopic (exact) mass is 499 g/mol. The highest BCUT2D eigenvalue weighted by Crippen LogP contribution is 2.41. The van der Waals surface area contributed by atoms with Gasteiger partial charge in [0.1, 0.15) is 21.9 Å². The van der Waals surface area contributed by atoms with Gasteiger partial charge in [0.15, 0.2) is 0 Å². The van der Waals surface area contributed by atoms with Crippen LogP contribution in [0.1, 0.15) is 38.1 Å². The topological polar surface area (TPSA) is 151 Å². The lowest BCUT2D eigenvalue weighted by molar-refractivity contribution is -0.395. The van der Waals surface area contributed by atoms with Gasteiger partial charge in [-0.25, -0.2) is 4.79 Å². The maximum atomic E-state index is 13.0. The van der Waals surface area contributed by atoms with Gasteiger partial charge in [0.2, 0.25) is 0 Å². The van der Waals surface area contributed by atoms with Crippen LogP contribution in [0.4, 0.5) is 16.4 Å². The van der Waals surface area contributed by atoms with Gasteiger partial charge in [-0.3, -0.25) is 25.0 Å². The molecule has 0 bridgehead atoms. The number of nitrogens with zero attached hydrogens (tertiary/aromatic N) is 2. The Bertz CT molecular complexity index is 1300. The number of nitro benzene ring substituents is 2. The number of nitro groups is 2. The third-order valence-electron chi connectivity index (χ3n) is 5.16. The molecule has 0 saturated carbocycles. The van der Waals surface area contributed by atoms with E-state index in [1.165, 1.54) is 14.0 Å². The van der Waals surface area contributed by atoms with Crippen LogP contribution in [0.15, 0.2) is 36.4 Å². The number of thiophene rings is 1. The molecule has 0 aliphatic carbocycles. The van der Waals surface area contributed by atoms with Crippen molar-refractivity contribution in [3.8, 4) is 16.9 Å². The average Bonchev–Trinajstić information content (AvgIpc) is 3.14. The summed E-state index contributed by atoms with van der Waals surface area (Å²) < 4.78 is 10.4. The number of hydrogen-bond donors (Lipinski definition) is 1. The van der Waals surface area contributed by atoms with Crippen molar-refractivity contribution in [3.05, 3.63) is 78.2 Å².